The molecule has 1 fully saturated rings. The van der Waals surface area contributed by atoms with Crippen LogP contribution in [0.15, 0.2) is 6.07 Å². The number of rotatable bonds is 2. The van der Waals surface area contributed by atoms with E-state index in [2.05, 4.69) is 36.5 Å². The van der Waals surface area contributed by atoms with E-state index < -0.39 is 0 Å². The van der Waals surface area contributed by atoms with E-state index in [1.165, 1.54) is 24.2 Å². The van der Waals surface area contributed by atoms with Crippen LogP contribution in [-0.2, 0) is 13.5 Å². The SMILES string of the molecule is CCc1cc(C)nc2c1nc(C1CC1)n2C. The van der Waals surface area contributed by atoms with Crippen molar-refractivity contribution in [2.24, 2.45) is 7.05 Å². The molecular weight excluding hydrogens is 198 g/mol. The molecule has 16 heavy (non-hydrogen) atoms. The smallest absolute Gasteiger partial charge is 0.160 e. The Labute approximate surface area is 95.5 Å². The number of fused-ring (bicyclic) bond motifs is 1. The summed E-state index contributed by atoms with van der Waals surface area (Å²) < 4.78 is 2.18. The second-order valence-electron chi connectivity index (χ2n) is 4.75. The highest BCUT2D eigenvalue weighted by molar-refractivity contribution is 5.76. The number of imidazole rings is 1. The molecule has 2 aromatic heterocycles. The topological polar surface area (TPSA) is 30.7 Å². The van der Waals surface area contributed by atoms with Gasteiger partial charge >= 0.3 is 0 Å². The van der Waals surface area contributed by atoms with E-state index >= 15 is 0 Å². The molecule has 0 aliphatic heterocycles. The van der Waals surface area contributed by atoms with Gasteiger partial charge in [0.1, 0.15) is 11.3 Å². The van der Waals surface area contributed by atoms with Crippen molar-refractivity contribution in [1.29, 1.82) is 0 Å². The largest absolute Gasteiger partial charge is 0.316 e. The first-order chi connectivity index (χ1) is 7.70. The molecule has 1 aliphatic rings. The molecule has 2 heterocycles. The molecule has 1 aliphatic carbocycles. The molecule has 0 amide bonds. The first-order valence-electron chi connectivity index (χ1n) is 6.03. The van der Waals surface area contributed by atoms with Crippen LogP contribution in [0.25, 0.3) is 11.2 Å². The Bertz CT molecular complexity index is 550. The van der Waals surface area contributed by atoms with Crippen molar-refractivity contribution < 1.29 is 0 Å². The molecule has 2 aromatic rings. The molecular formula is C13H17N3. The zero-order chi connectivity index (χ0) is 11.3. The van der Waals surface area contributed by atoms with Crippen LogP contribution in [-0.4, -0.2) is 14.5 Å². The number of hydrogen-bond donors (Lipinski definition) is 0. The van der Waals surface area contributed by atoms with Crippen LogP contribution in [0.3, 0.4) is 0 Å². The van der Waals surface area contributed by atoms with Crippen molar-refractivity contribution in [1.82, 2.24) is 14.5 Å². The van der Waals surface area contributed by atoms with Gasteiger partial charge < -0.3 is 4.57 Å². The highest BCUT2D eigenvalue weighted by Gasteiger charge is 2.29. The number of nitrogens with zero attached hydrogens (tertiary/aromatic N) is 3. The van der Waals surface area contributed by atoms with Crippen LogP contribution in [0, 0.1) is 6.92 Å². The third-order valence-corrected chi connectivity index (χ3v) is 3.39. The molecule has 0 aromatic carbocycles. The van der Waals surface area contributed by atoms with Gasteiger partial charge in [-0.15, -0.1) is 0 Å². The molecule has 0 atom stereocenters. The monoisotopic (exact) mass is 215 g/mol. The van der Waals surface area contributed by atoms with Crippen LogP contribution < -0.4 is 0 Å². The first-order valence-corrected chi connectivity index (χ1v) is 6.03. The molecule has 3 heteroatoms. The maximum atomic E-state index is 4.79. The third-order valence-electron chi connectivity index (χ3n) is 3.39. The van der Waals surface area contributed by atoms with E-state index in [9.17, 15) is 0 Å². The Morgan fingerprint density at radius 2 is 2.12 bits per heavy atom. The van der Waals surface area contributed by atoms with Gasteiger partial charge in [0.15, 0.2) is 5.65 Å². The van der Waals surface area contributed by atoms with Crippen molar-refractivity contribution in [3.63, 3.8) is 0 Å². The number of pyridine rings is 1. The summed E-state index contributed by atoms with van der Waals surface area (Å²) in [5.74, 6) is 1.91. The lowest BCUT2D eigenvalue weighted by atomic mass is 10.1. The minimum absolute atomic E-state index is 0.684. The van der Waals surface area contributed by atoms with Crippen LogP contribution in [0.1, 0.15) is 42.8 Å². The molecule has 3 nitrogen and oxygen atoms in total. The second kappa shape index (κ2) is 3.30. The van der Waals surface area contributed by atoms with Gasteiger partial charge in [0.05, 0.1) is 0 Å². The van der Waals surface area contributed by atoms with Gasteiger partial charge in [0.2, 0.25) is 0 Å². The summed E-state index contributed by atoms with van der Waals surface area (Å²) in [4.78, 5) is 9.40. The minimum Gasteiger partial charge on any atom is -0.316 e. The van der Waals surface area contributed by atoms with Crippen molar-refractivity contribution in [2.45, 2.75) is 39.0 Å². The normalized spacial score (nSPS) is 15.9. The number of hydrogen-bond acceptors (Lipinski definition) is 2. The molecule has 0 bridgehead atoms. The Kier molecular flexibility index (Phi) is 2.03. The molecule has 3 rings (SSSR count). The van der Waals surface area contributed by atoms with Gasteiger partial charge in [0, 0.05) is 18.7 Å². The summed E-state index contributed by atoms with van der Waals surface area (Å²) in [6, 6.07) is 2.16. The van der Waals surface area contributed by atoms with Crippen molar-refractivity contribution in [3.8, 4) is 0 Å². The van der Waals surface area contributed by atoms with Gasteiger partial charge in [-0.3, -0.25) is 0 Å². The summed E-state index contributed by atoms with van der Waals surface area (Å²) in [5, 5.41) is 0. The lowest BCUT2D eigenvalue weighted by molar-refractivity contribution is 0.811. The summed E-state index contributed by atoms with van der Waals surface area (Å²) in [6.07, 6.45) is 3.61. The Balaban J connectivity index is 2.31. The van der Waals surface area contributed by atoms with E-state index in [1.54, 1.807) is 0 Å². The molecule has 0 unspecified atom stereocenters. The van der Waals surface area contributed by atoms with Crippen LogP contribution in [0.2, 0.25) is 0 Å². The molecule has 0 saturated heterocycles. The Morgan fingerprint density at radius 1 is 1.38 bits per heavy atom. The summed E-state index contributed by atoms with van der Waals surface area (Å²) >= 11 is 0. The van der Waals surface area contributed by atoms with E-state index in [0.717, 1.165) is 23.3 Å². The lowest BCUT2D eigenvalue weighted by Crippen LogP contribution is -1.97. The van der Waals surface area contributed by atoms with Crippen molar-refractivity contribution >= 4 is 11.2 Å². The lowest BCUT2D eigenvalue weighted by Gasteiger charge is -2.01. The van der Waals surface area contributed by atoms with E-state index in [4.69, 9.17) is 4.98 Å². The van der Waals surface area contributed by atoms with Crippen LogP contribution in [0.5, 0.6) is 0 Å². The van der Waals surface area contributed by atoms with Gasteiger partial charge in [-0.25, -0.2) is 9.97 Å². The highest BCUT2D eigenvalue weighted by Crippen LogP contribution is 2.40. The highest BCUT2D eigenvalue weighted by atomic mass is 15.1. The molecule has 0 N–H and O–H groups in total. The number of aryl methyl sites for hydroxylation is 3. The van der Waals surface area contributed by atoms with E-state index in [0.29, 0.717) is 5.92 Å². The Morgan fingerprint density at radius 3 is 2.75 bits per heavy atom. The summed E-state index contributed by atoms with van der Waals surface area (Å²) in [6.45, 7) is 4.24. The molecule has 84 valence electrons. The van der Waals surface area contributed by atoms with Gasteiger partial charge in [-0.2, -0.15) is 0 Å². The quantitative estimate of drug-likeness (QED) is 0.771. The zero-order valence-corrected chi connectivity index (χ0v) is 10.1. The van der Waals surface area contributed by atoms with Gasteiger partial charge in [-0.1, -0.05) is 6.92 Å². The van der Waals surface area contributed by atoms with Gasteiger partial charge in [-0.05, 0) is 37.8 Å². The standard InChI is InChI=1S/C13H17N3/c1-4-9-7-8(2)14-13-11(9)15-12(16(13)3)10-5-6-10/h7,10H,4-6H2,1-3H3. The fraction of sp³-hybridized carbons (Fsp3) is 0.538. The average molecular weight is 215 g/mol. The van der Waals surface area contributed by atoms with Crippen LogP contribution >= 0.6 is 0 Å². The van der Waals surface area contributed by atoms with E-state index in [1.807, 2.05) is 0 Å². The maximum Gasteiger partial charge on any atom is 0.160 e. The fourth-order valence-electron chi connectivity index (χ4n) is 2.35. The molecule has 0 radical (unpaired) electrons. The first kappa shape index (κ1) is 9.82. The minimum atomic E-state index is 0.684. The Hall–Kier alpha value is -1.38. The number of aromatic nitrogens is 3. The van der Waals surface area contributed by atoms with E-state index in [-0.39, 0.29) is 0 Å². The summed E-state index contributed by atoms with van der Waals surface area (Å²) in [5.41, 5.74) is 4.58. The second-order valence-corrected chi connectivity index (χ2v) is 4.75. The fourth-order valence-corrected chi connectivity index (χ4v) is 2.35. The molecule has 0 spiro atoms. The average Bonchev–Trinajstić information content (AvgIpc) is 3.05. The summed E-state index contributed by atoms with van der Waals surface area (Å²) in [7, 11) is 2.09. The predicted molar refractivity (Wildman–Crippen MR) is 64.6 cm³/mol. The van der Waals surface area contributed by atoms with Gasteiger partial charge in [0.25, 0.3) is 0 Å². The third kappa shape index (κ3) is 1.34. The van der Waals surface area contributed by atoms with Crippen molar-refractivity contribution in [3.05, 3.63) is 23.1 Å². The molecule has 1 saturated carbocycles. The predicted octanol–water partition coefficient (Wildman–Crippen LogP) is 2.72. The maximum absolute atomic E-state index is 4.79. The van der Waals surface area contributed by atoms with Crippen molar-refractivity contribution in [2.75, 3.05) is 0 Å². The van der Waals surface area contributed by atoms with Crippen LogP contribution in [0.4, 0.5) is 0 Å². The zero-order valence-electron chi connectivity index (χ0n) is 10.1.